The third kappa shape index (κ3) is 3.16. The lowest BCUT2D eigenvalue weighted by Crippen LogP contribution is -2.47. The number of carboxylic acids is 1. The second-order valence-corrected chi connectivity index (χ2v) is 6.34. The van der Waals surface area contributed by atoms with Gasteiger partial charge in [-0.25, -0.2) is 4.79 Å². The maximum atomic E-state index is 12.4. The van der Waals surface area contributed by atoms with Gasteiger partial charge >= 0.3 is 12.0 Å². The Hall–Kier alpha value is -2.50. The lowest BCUT2D eigenvalue weighted by Gasteiger charge is -2.34. The van der Waals surface area contributed by atoms with E-state index in [9.17, 15) is 14.7 Å². The summed E-state index contributed by atoms with van der Waals surface area (Å²) in [5.41, 5.74) is 2.46. The van der Waals surface area contributed by atoms with Crippen molar-refractivity contribution >= 4 is 28.7 Å². The normalized spacial score (nSPS) is 21.4. The minimum absolute atomic E-state index is 0.175. The van der Waals surface area contributed by atoms with Crippen LogP contribution in [0.5, 0.6) is 0 Å². The van der Waals surface area contributed by atoms with Crippen molar-refractivity contribution in [3.63, 3.8) is 0 Å². The molecule has 6 nitrogen and oxygen atoms in total. The van der Waals surface area contributed by atoms with Gasteiger partial charge in [-0.2, -0.15) is 0 Å². The molecular formula is C17H20N2O4. The van der Waals surface area contributed by atoms with Crippen LogP contribution in [-0.2, 0) is 4.79 Å². The van der Waals surface area contributed by atoms with Crippen LogP contribution in [0.1, 0.15) is 18.9 Å². The fraction of sp³-hybridized carbons (Fsp3) is 0.412. The van der Waals surface area contributed by atoms with E-state index in [1.165, 1.54) is 0 Å². The van der Waals surface area contributed by atoms with E-state index in [1.807, 2.05) is 26.0 Å². The Kier molecular flexibility index (Phi) is 3.98. The third-order valence-corrected chi connectivity index (χ3v) is 4.31. The zero-order valence-electron chi connectivity index (χ0n) is 13.2. The second-order valence-electron chi connectivity index (χ2n) is 6.34. The van der Waals surface area contributed by atoms with Crippen LogP contribution in [-0.4, -0.2) is 35.1 Å². The number of hydrogen-bond donors (Lipinski definition) is 2. The number of furan rings is 1. The predicted octanol–water partition coefficient (Wildman–Crippen LogP) is 3.32. The molecule has 0 aliphatic carbocycles. The van der Waals surface area contributed by atoms with Crippen molar-refractivity contribution in [1.29, 1.82) is 0 Å². The van der Waals surface area contributed by atoms with Crippen molar-refractivity contribution in [2.45, 2.75) is 20.3 Å². The van der Waals surface area contributed by atoms with Gasteiger partial charge < -0.3 is 19.7 Å². The van der Waals surface area contributed by atoms with Gasteiger partial charge in [0.15, 0.2) is 0 Å². The molecule has 0 spiro atoms. The zero-order valence-corrected chi connectivity index (χ0v) is 13.2. The highest BCUT2D eigenvalue weighted by atomic mass is 16.4. The number of carboxylic acid groups (broad SMARTS) is 1. The molecule has 1 aliphatic rings. The number of nitrogens with one attached hydrogen (secondary N) is 1. The number of aryl methyl sites for hydroxylation is 1. The number of urea groups is 1. The van der Waals surface area contributed by atoms with Crippen LogP contribution in [0.2, 0.25) is 0 Å². The summed E-state index contributed by atoms with van der Waals surface area (Å²) in [4.78, 5) is 25.2. The Morgan fingerprint density at radius 2 is 2.13 bits per heavy atom. The first-order valence-corrected chi connectivity index (χ1v) is 7.70. The second kappa shape index (κ2) is 5.95. The molecule has 1 fully saturated rings. The molecule has 2 unspecified atom stereocenters. The fourth-order valence-electron chi connectivity index (χ4n) is 3.13. The first-order valence-electron chi connectivity index (χ1n) is 7.70. The van der Waals surface area contributed by atoms with Crippen molar-refractivity contribution in [2.75, 3.05) is 18.4 Å². The number of piperidine rings is 1. The SMILES string of the molecule is Cc1coc2ccc(NC(=O)N3CC(C)CC(C(=O)O)C3)cc12. The largest absolute Gasteiger partial charge is 0.481 e. The Morgan fingerprint density at radius 3 is 2.87 bits per heavy atom. The number of hydrogen-bond acceptors (Lipinski definition) is 3. The quantitative estimate of drug-likeness (QED) is 0.890. The summed E-state index contributed by atoms with van der Waals surface area (Å²) in [7, 11) is 0. The van der Waals surface area contributed by atoms with Crippen molar-refractivity contribution in [3.05, 3.63) is 30.0 Å². The van der Waals surface area contributed by atoms with Crippen molar-refractivity contribution in [3.8, 4) is 0 Å². The van der Waals surface area contributed by atoms with Crippen LogP contribution < -0.4 is 5.32 Å². The van der Waals surface area contributed by atoms with E-state index in [-0.39, 0.29) is 18.5 Å². The molecule has 122 valence electrons. The summed E-state index contributed by atoms with van der Waals surface area (Å²) in [6.45, 7) is 4.73. The van der Waals surface area contributed by atoms with E-state index < -0.39 is 11.9 Å². The topological polar surface area (TPSA) is 82.8 Å². The first kappa shape index (κ1) is 15.4. The molecule has 2 atom stereocenters. The molecule has 3 rings (SSSR count). The van der Waals surface area contributed by atoms with E-state index in [2.05, 4.69) is 5.32 Å². The molecule has 1 aromatic heterocycles. The molecule has 0 radical (unpaired) electrons. The molecule has 2 heterocycles. The summed E-state index contributed by atoms with van der Waals surface area (Å²) in [6.07, 6.45) is 2.29. The number of amides is 2. The minimum atomic E-state index is -0.843. The summed E-state index contributed by atoms with van der Waals surface area (Å²) >= 11 is 0. The van der Waals surface area contributed by atoms with Gasteiger partial charge in [-0.05, 0) is 43.0 Å². The third-order valence-electron chi connectivity index (χ3n) is 4.31. The molecule has 2 aromatic rings. The van der Waals surface area contributed by atoms with Crippen LogP contribution in [0, 0.1) is 18.8 Å². The molecule has 6 heteroatoms. The summed E-state index contributed by atoms with van der Waals surface area (Å²) in [5, 5.41) is 13.0. The summed E-state index contributed by atoms with van der Waals surface area (Å²) in [6, 6.07) is 5.21. The number of fused-ring (bicyclic) bond motifs is 1. The standard InChI is InChI=1S/C17H20N2O4/c1-10-5-12(16(20)21)8-19(7-10)17(22)18-13-3-4-15-14(6-13)11(2)9-23-15/h3-4,6,9-10,12H,5,7-8H2,1-2H3,(H,18,22)(H,20,21). The van der Waals surface area contributed by atoms with Crippen LogP contribution in [0.25, 0.3) is 11.0 Å². The van der Waals surface area contributed by atoms with E-state index in [1.54, 1.807) is 17.2 Å². The number of nitrogens with zero attached hydrogens (tertiary/aromatic N) is 1. The van der Waals surface area contributed by atoms with E-state index in [0.717, 1.165) is 16.5 Å². The summed E-state index contributed by atoms with van der Waals surface area (Å²) < 4.78 is 5.39. The number of benzene rings is 1. The number of anilines is 1. The van der Waals surface area contributed by atoms with Crippen molar-refractivity contribution in [1.82, 2.24) is 4.90 Å². The molecule has 23 heavy (non-hydrogen) atoms. The average molecular weight is 316 g/mol. The summed E-state index contributed by atoms with van der Waals surface area (Å²) in [5.74, 6) is -1.16. The minimum Gasteiger partial charge on any atom is -0.481 e. The average Bonchev–Trinajstić information content (AvgIpc) is 2.87. The lowest BCUT2D eigenvalue weighted by molar-refractivity contribution is -0.143. The highest BCUT2D eigenvalue weighted by Gasteiger charge is 2.31. The molecule has 0 saturated carbocycles. The van der Waals surface area contributed by atoms with E-state index in [4.69, 9.17) is 4.42 Å². The Morgan fingerprint density at radius 1 is 1.35 bits per heavy atom. The number of aliphatic carboxylic acids is 1. The Labute approximate surface area is 134 Å². The molecule has 2 amide bonds. The number of likely N-dealkylation sites (tertiary alicyclic amines) is 1. The van der Waals surface area contributed by atoms with E-state index >= 15 is 0 Å². The first-order chi connectivity index (χ1) is 10.9. The predicted molar refractivity (Wildman–Crippen MR) is 86.4 cm³/mol. The zero-order chi connectivity index (χ0) is 16.6. The molecule has 2 N–H and O–H groups in total. The Balaban J connectivity index is 1.74. The maximum Gasteiger partial charge on any atom is 0.321 e. The van der Waals surface area contributed by atoms with Crippen LogP contribution in [0.4, 0.5) is 10.5 Å². The van der Waals surface area contributed by atoms with Gasteiger partial charge in [0.25, 0.3) is 0 Å². The maximum absolute atomic E-state index is 12.4. The number of rotatable bonds is 2. The molecule has 0 bridgehead atoms. The number of carbonyl (C=O) groups is 2. The fourth-order valence-corrected chi connectivity index (χ4v) is 3.13. The van der Waals surface area contributed by atoms with E-state index in [0.29, 0.717) is 18.7 Å². The van der Waals surface area contributed by atoms with Gasteiger partial charge in [-0.3, -0.25) is 4.79 Å². The molecule has 1 saturated heterocycles. The number of carbonyl (C=O) groups excluding carboxylic acids is 1. The monoisotopic (exact) mass is 316 g/mol. The van der Waals surface area contributed by atoms with Gasteiger partial charge in [0.2, 0.25) is 0 Å². The van der Waals surface area contributed by atoms with Gasteiger partial charge in [-0.15, -0.1) is 0 Å². The molecule has 1 aliphatic heterocycles. The van der Waals surface area contributed by atoms with Gasteiger partial charge in [-0.1, -0.05) is 6.92 Å². The van der Waals surface area contributed by atoms with Crippen molar-refractivity contribution < 1.29 is 19.1 Å². The van der Waals surface area contributed by atoms with Gasteiger partial charge in [0.1, 0.15) is 5.58 Å². The lowest BCUT2D eigenvalue weighted by atomic mass is 9.91. The van der Waals surface area contributed by atoms with Gasteiger partial charge in [0, 0.05) is 24.2 Å². The highest BCUT2D eigenvalue weighted by Crippen LogP contribution is 2.25. The van der Waals surface area contributed by atoms with Gasteiger partial charge in [0.05, 0.1) is 12.2 Å². The highest BCUT2D eigenvalue weighted by molar-refractivity contribution is 5.93. The molecular weight excluding hydrogens is 296 g/mol. The smallest absolute Gasteiger partial charge is 0.321 e. The van der Waals surface area contributed by atoms with Crippen LogP contribution >= 0.6 is 0 Å². The van der Waals surface area contributed by atoms with Crippen molar-refractivity contribution in [2.24, 2.45) is 11.8 Å². The molecule has 1 aromatic carbocycles. The Bertz CT molecular complexity index is 752. The van der Waals surface area contributed by atoms with Crippen LogP contribution in [0.15, 0.2) is 28.9 Å². The van der Waals surface area contributed by atoms with Crippen LogP contribution in [0.3, 0.4) is 0 Å².